The molecule has 0 N–H and O–H groups in total. The van der Waals surface area contributed by atoms with Crippen LogP contribution in [-0.2, 0) is 10.2 Å². The first-order chi connectivity index (χ1) is 11.8. The smallest absolute Gasteiger partial charge is 0.260 e. The summed E-state index contributed by atoms with van der Waals surface area (Å²) in [7, 11) is 0. The molecule has 1 heterocycles. The minimum absolute atomic E-state index is 0.0164. The van der Waals surface area contributed by atoms with Crippen molar-refractivity contribution in [3.63, 3.8) is 0 Å². The molecule has 1 aromatic carbocycles. The van der Waals surface area contributed by atoms with Gasteiger partial charge in [0.1, 0.15) is 5.75 Å². The number of halogens is 1. The highest BCUT2D eigenvalue weighted by molar-refractivity contribution is 9.10. The van der Waals surface area contributed by atoms with Crippen LogP contribution < -0.4 is 4.74 Å². The molecule has 0 aliphatic carbocycles. The Morgan fingerprint density at radius 2 is 1.96 bits per heavy atom. The quantitative estimate of drug-likeness (QED) is 0.751. The van der Waals surface area contributed by atoms with Crippen LogP contribution in [-0.4, -0.2) is 55.0 Å². The SMILES string of the molecule is CC(C)(C)c1cc(Br)ccc1OCC(=O)N1CCN(CCC#N)CC1. The van der Waals surface area contributed by atoms with Gasteiger partial charge in [-0.2, -0.15) is 5.26 Å². The predicted molar refractivity (Wildman–Crippen MR) is 102 cm³/mol. The summed E-state index contributed by atoms with van der Waals surface area (Å²) in [5.74, 6) is 0.777. The summed E-state index contributed by atoms with van der Waals surface area (Å²) in [6.07, 6.45) is 0.538. The highest BCUT2D eigenvalue weighted by Crippen LogP contribution is 2.33. The Hall–Kier alpha value is -1.58. The largest absolute Gasteiger partial charge is 0.483 e. The number of piperazine rings is 1. The minimum atomic E-state index is -0.0610. The van der Waals surface area contributed by atoms with E-state index in [0.717, 1.165) is 35.4 Å². The molecular weight excluding hydrogens is 382 g/mol. The van der Waals surface area contributed by atoms with Crippen molar-refractivity contribution in [1.29, 1.82) is 5.26 Å². The van der Waals surface area contributed by atoms with Gasteiger partial charge in [-0.05, 0) is 23.6 Å². The molecule has 0 radical (unpaired) electrons. The fourth-order valence-electron chi connectivity index (χ4n) is 2.87. The number of ether oxygens (including phenoxy) is 1. The Morgan fingerprint density at radius 3 is 2.56 bits per heavy atom. The van der Waals surface area contributed by atoms with Crippen LogP contribution in [0.5, 0.6) is 5.75 Å². The number of hydrogen-bond donors (Lipinski definition) is 0. The van der Waals surface area contributed by atoms with Crippen LogP contribution in [0.4, 0.5) is 0 Å². The van der Waals surface area contributed by atoms with E-state index in [1.165, 1.54) is 0 Å². The lowest BCUT2D eigenvalue weighted by Crippen LogP contribution is -2.50. The number of nitrogens with zero attached hydrogens (tertiary/aromatic N) is 3. The molecule has 0 atom stereocenters. The number of amides is 1. The lowest BCUT2D eigenvalue weighted by Gasteiger charge is -2.34. The monoisotopic (exact) mass is 407 g/mol. The van der Waals surface area contributed by atoms with Gasteiger partial charge in [0.05, 0.1) is 6.07 Å². The Kier molecular flexibility index (Phi) is 6.86. The van der Waals surface area contributed by atoms with Crippen LogP contribution in [0.2, 0.25) is 0 Å². The zero-order chi connectivity index (χ0) is 18.4. The van der Waals surface area contributed by atoms with Gasteiger partial charge in [-0.3, -0.25) is 9.69 Å². The third-order valence-electron chi connectivity index (χ3n) is 4.37. The maximum absolute atomic E-state index is 12.4. The number of carbonyl (C=O) groups is 1. The molecule has 5 nitrogen and oxygen atoms in total. The number of benzene rings is 1. The number of hydrogen-bond acceptors (Lipinski definition) is 4. The van der Waals surface area contributed by atoms with Crippen molar-refractivity contribution < 1.29 is 9.53 Å². The zero-order valence-corrected chi connectivity index (χ0v) is 16.8. The second-order valence-corrected chi connectivity index (χ2v) is 8.23. The third kappa shape index (κ3) is 5.72. The number of rotatable bonds is 5. The van der Waals surface area contributed by atoms with E-state index < -0.39 is 0 Å². The van der Waals surface area contributed by atoms with Crippen molar-refractivity contribution in [1.82, 2.24) is 9.80 Å². The van der Waals surface area contributed by atoms with Gasteiger partial charge in [0.15, 0.2) is 6.61 Å². The van der Waals surface area contributed by atoms with Crippen LogP contribution in [0.25, 0.3) is 0 Å². The number of nitriles is 1. The van der Waals surface area contributed by atoms with Gasteiger partial charge >= 0.3 is 0 Å². The molecule has 0 bridgehead atoms. The second kappa shape index (κ2) is 8.68. The molecule has 1 saturated heterocycles. The molecule has 1 amide bonds. The maximum atomic E-state index is 12.4. The summed E-state index contributed by atoms with van der Waals surface area (Å²) in [6, 6.07) is 8.06. The molecule has 0 aromatic heterocycles. The summed E-state index contributed by atoms with van der Waals surface area (Å²) in [6.45, 7) is 10.3. The molecule has 1 fully saturated rings. The van der Waals surface area contributed by atoms with E-state index in [0.29, 0.717) is 19.5 Å². The molecular formula is C19H26BrN3O2. The van der Waals surface area contributed by atoms with Gasteiger partial charge in [-0.1, -0.05) is 36.7 Å². The van der Waals surface area contributed by atoms with E-state index in [-0.39, 0.29) is 17.9 Å². The first-order valence-electron chi connectivity index (χ1n) is 8.61. The topological polar surface area (TPSA) is 56.6 Å². The normalized spacial score (nSPS) is 15.7. The molecule has 1 aromatic rings. The summed E-state index contributed by atoms with van der Waals surface area (Å²) < 4.78 is 6.86. The van der Waals surface area contributed by atoms with Gasteiger partial charge in [-0.25, -0.2) is 0 Å². The predicted octanol–water partition coefficient (Wildman–Crippen LogP) is 3.18. The van der Waals surface area contributed by atoms with Crippen LogP contribution in [0.15, 0.2) is 22.7 Å². The van der Waals surface area contributed by atoms with Crippen molar-refractivity contribution >= 4 is 21.8 Å². The van der Waals surface area contributed by atoms with Gasteiger partial charge in [-0.15, -0.1) is 0 Å². The molecule has 0 spiro atoms. The molecule has 25 heavy (non-hydrogen) atoms. The van der Waals surface area contributed by atoms with E-state index in [2.05, 4.69) is 47.7 Å². The van der Waals surface area contributed by atoms with Gasteiger partial charge in [0, 0.05) is 49.2 Å². The zero-order valence-electron chi connectivity index (χ0n) is 15.2. The van der Waals surface area contributed by atoms with Crippen LogP contribution in [0, 0.1) is 11.3 Å². The summed E-state index contributed by atoms with van der Waals surface area (Å²) in [4.78, 5) is 16.5. The highest BCUT2D eigenvalue weighted by Gasteiger charge is 2.23. The van der Waals surface area contributed by atoms with Crippen LogP contribution in [0.3, 0.4) is 0 Å². The molecule has 1 aliphatic rings. The van der Waals surface area contributed by atoms with Crippen LogP contribution in [0.1, 0.15) is 32.8 Å². The van der Waals surface area contributed by atoms with Crippen molar-refractivity contribution in [2.45, 2.75) is 32.6 Å². The Balaban J connectivity index is 1.90. The molecule has 136 valence electrons. The Morgan fingerprint density at radius 1 is 1.28 bits per heavy atom. The minimum Gasteiger partial charge on any atom is -0.483 e. The Labute approximate surface area is 158 Å². The molecule has 0 saturated carbocycles. The summed E-state index contributed by atoms with van der Waals surface area (Å²) in [5, 5.41) is 8.65. The Bertz CT molecular complexity index is 641. The first kappa shape index (κ1) is 19.7. The van der Waals surface area contributed by atoms with Crippen molar-refractivity contribution in [3.05, 3.63) is 28.2 Å². The standard InChI is InChI=1S/C19H26BrN3O2/c1-19(2,3)16-13-15(20)5-6-17(16)25-14-18(24)23-11-9-22(10-12-23)8-4-7-21/h5-6,13H,4,8-12,14H2,1-3H3. The van der Waals surface area contributed by atoms with E-state index in [1.807, 2.05) is 23.1 Å². The molecule has 1 aliphatic heterocycles. The average molecular weight is 408 g/mol. The third-order valence-corrected chi connectivity index (χ3v) is 4.86. The summed E-state index contributed by atoms with van der Waals surface area (Å²) >= 11 is 3.50. The van der Waals surface area contributed by atoms with E-state index in [4.69, 9.17) is 10.00 Å². The highest BCUT2D eigenvalue weighted by atomic mass is 79.9. The molecule has 0 unspecified atom stereocenters. The van der Waals surface area contributed by atoms with Crippen molar-refractivity contribution in [2.75, 3.05) is 39.3 Å². The average Bonchev–Trinajstić information content (AvgIpc) is 2.58. The van der Waals surface area contributed by atoms with Gasteiger partial charge in [0.2, 0.25) is 0 Å². The van der Waals surface area contributed by atoms with Gasteiger partial charge < -0.3 is 9.64 Å². The second-order valence-electron chi connectivity index (χ2n) is 7.31. The molecule has 2 rings (SSSR count). The maximum Gasteiger partial charge on any atom is 0.260 e. The van der Waals surface area contributed by atoms with Gasteiger partial charge in [0.25, 0.3) is 5.91 Å². The van der Waals surface area contributed by atoms with Crippen molar-refractivity contribution in [3.8, 4) is 11.8 Å². The van der Waals surface area contributed by atoms with E-state index in [1.54, 1.807) is 0 Å². The fourth-order valence-corrected chi connectivity index (χ4v) is 3.24. The molecule has 6 heteroatoms. The lowest BCUT2D eigenvalue weighted by molar-refractivity contribution is -0.135. The van der Waals surface area contributed by atoms with Crippen molar-refractivity contribution in [2.24, 2.45) is 0 Å². The first-order valence-corrected chi connectivity index (χ1v) is 9.40. The van der Waals surface area contributed by atoms with E-state index in [9.17, 15) is 4.79 Å². The number of carbonyl (C=O) groups excluding carboxylic acids is 1. The fraction of sp³-hybridized carbons (Fsp3) is 0.579. The lowest BCUT2D eigenvalue weighted by atomic mass is 9.86. The van der Waals surface area contributed by atoms with Crippen LogP contribution >= 0.6 is 15.9 Å². The summed E-state index contributed by atoms with van der Waals surface area (Å²) in [5.41, 5.74) is 1.02. The van der Waals surface area contributed by atoms with E-state index >= 15 is 0 Å².